The summed E-state index contributed by atoms with van der Waals surface area (Å²) in [4.78, 5) is 4.06. The van der Waals surface area contributed by atoms with Crippen LogP contribution in [0.1, 0.15) is 19.3 Å². The lowest BCUT2D eigenvalue weighted by atomic mass is 9.93. The van der Waals surface area contributed by atoms with E-state index in [1.807, 2.05) is 0 Å². The minimum atomic E-state index is -0.120. The standard InChI is InChI=1S/C8H11NOS/c10-8-3-5-1-6(8)7(2-5)9-4-11/h5-8,10H,1-3H2. The van der Waals surface area contributed by atoms with Gasteiger partial charge in [0.25, 0.3) is 0 Å². The van der Waals surface area contributed by atoms with Crippen molar-refractivity contribution < 1.29 is 5.11 Å². The molecule has 2 aliphatic carbocycles. The van der Waals surface area contributed by atoms with Crippen molar-refractivity contribution >= 4 is 17.4 Å². The molecule has 2 fully saturated rings. The quantitative estimate of drug-likeness (QED) is 0.473. The fourth-order valence-electron chi connectivity index (χ4n) is 2.49. The largest absolute Gasteiger partial charge is 0.393 e. The third kappa shape index (κ3) is 1.13. The van der Waals surface area contributed by atoms with E-state index in [2.05, 4.69) is 22.4 Å². The Bertz CT molecular complexity index is 212. The zero-order valence-electron chi connectivity index (χ0n) is 6.23. The van der Waals surface area contributed by atoms with E-state index in [4.69, 9.17) is 0 Å². The Kier molecular flexibility index (Phi) is 1.80. The third-order valence-electron chi connectivity index (χ3n) is 2.96. The van der Waals surface area contributed by atoms with Gasteiger partial charge in [0.1, 0.15) is 0 Å². The lowest BCUT2D eigenvalue weighted by molar-refractivity contribution is 0.103. The van der Waals surface area contributed by atoms with Crippen molar-refractivity contribution in [3.05, 3.63) is 0 Å². The highest BCUT2D eigenvalue weighted by atomic mass is 32.1. The smallest absolute Gasteiger partial charge is 0.0658 e. The number of thiocarbonyl (C=S) groups is 1. The number of nitrogens with zero attached hydrogens (tertiary/aromatic N) is 1. The van der Waals surface area contributed by atoms with E-state index in [1.54, 1.807) is 0 Å². The topological polar surface area (TPSA) is 32.6 Å². The van der Waals surface area contributed by atoms with Crippen LogP contribution in [0.25, 0.3) is 0 Å². The van der Waals surface area contributed by atoms with Gasteiger partial charge in [-0.3, -0.25) is 0 Å². The number of fused-ring (bicyclic) bond motifs is 2. The van der Waals surface area contributed by atoms with E-state index < -0.39 is 0 Å². The molecule has 0 aromatic heterocycles. The molecule has 0 radical (unpaired) electrons. The van der Waals surface area contributed by atoms with E-state index in [0.717, 1.165) is 19.3 Å². The zero-order chi connectivity index (χ0) is 7.84. The molecular weight excluding hydrogens is 158 g/mol. The van der Waals surface area contributed by atoms with E-state index in [9.17, 15) is 5.11 Å². The first kappa shape index (κ1) is 7.41. The summed E-state index contributed by atoms with van der Waals surface area (Å²) in [6.45, 7) is 0. The molecule has 4 atom stereocenters. The van der Waals surface area contributed by atoms with Crippen molar-refractivity contribution in [1.82, 2.24) is 0 Å². The fourth-order valence-corrected chi connectivity index (χ4v) is 2.63. The normalized spacial score (nSPS) is 47.4. The van der Waals surface area contributed by atoms with Gasteiger partial charge in [-0.05, 0) is 37.4 Å². The molecule has 1 N–H and O–H groups in total. The van der Waals surface area contributed by atoms with E-state index in [-0.39, 0.29) is 12.1 Å². The number of hydrogen-bond acceptors (Lipinski definition) is 3. The monoisotopic (exact) mass is 169 g/mol. The van der Waals surface area contributed by atoms with Crippen LogP contribution in [-0.4, -0.2) is 22.4 Å². The van der Waals surface area contributed by atoms with Gasteiger partial charge < -0.3 is 5.11 Å². The minimum absolute atomic E-state index is 0.120. The van der Waals surface area contributed by atoms with Gasteiger partial charge in [-0.1, -0.05) is 0 Å². The number of hydrogen-bond donors (Lipinski definition) is 1. The maximum atomic E-state index is 9.49. The number of aliphatic hydroxyl groups excluding tert-OH is 1. The predicted molar refractivity (Wildman–Crippen MR) is 45.7 cm³/mol. The van der Waals surface area contributed by atoms with Gasteiger partial charge in [0.05, 0.1) is 17.3 Å². The number of aliphatic imine (C=N–C) groups is 1. The molecule has 2 bridgehead atoms. The van der Waals surface area contributed by atoms with Crippen LogP contribution in [0.4, 0.5) is 0 Å². The Morgan fingerprint density at radius 2 is 2.18 bits per heavy atom. The Hall–Kier alpha value is -0.240. The maximum Gasteiger partial charge on any atom is 0.0658 e. The van der Waals surface area contributed by atoms with Crippen LogP contribution in [0.5, 0.6) is 0 Å². The Labute approximate surface area is 71.3 Å². The molecule has 2 nitrogen and oxygen atoms in total. The molecule has 0 amide bonds. The molecule has 0 heterocycles. The second-order valence-electron chi connectivity index (χ2n) is 3.59. The lowest BCUT2D eigenvalue weighted by Gasteiger charge is -2.21. The molecule has 4 unspecified atom stereocenters. The molecule has 0 aromatic rings. The summed E-state index contributed by atoms with van der Waals surface area (Å²) >= 11 is 4.54. The molecule has 60 valence electrons. The van der Waals surface area contributed by atoms with Crippen molar-refractivity contribution in [1.29, 1.82) is 0 Å². The molecule has 11 heavy (non-hydrogen) atoms. The summed E-state index contributed by atoms with van der Waals surface area (Å²) in [5, 5.41) is 11.9. The summed E-state index contributed by atoms with van der Waals surface area (Å²) in [5.41, 5.74) is 0. The minimum Gasteiger partial charge on any atom is -0.393 e. The van der Waals surface area contributed by atoms with Crippen molar-refractivity contribution in [3.63, 3.8) is 0 Å². The van der Waals surface area contributed by atoms with Crippen LogP contribution in [0.3, 0.4) is 0 Å². The summed E-state index contributed by atoms with van der Waals surface area (Å²) < 4.78 is 0. The average molecular weight is 169 g/mol. The molecule has 0 saturated heterocycles. The molecule has 2 saturated carbocycles. The summed E-state index contributed by atoms with van der Waals surface area (Å²) in [6, 6.07) is 0.279. The molecule has 0 spiro atoms. The van der Waals surface area contributed by atoms with Gasteiger partial charge in [-0.2, -0.15) is 0 Å². The molecule has 2 rings (SSSR count). The average Bonchev–Trinajstić information content (AvgIpc) is 2.46. The zero-order valence-corrected chi connectivity index (χ0v) is 7.05. The van der Waals surface area contributed by atoms with E-state index in [1.165, 1.54) is 0 Å². The molecule has 3 heteroatoms. The summed E-state index contributed by atoms with van der Waals surface area (Å²) in [5.74, 6) is 1.09. The van der Waals surface area contributed by atoms with Crippen LogP contribution in [0, 0.1) is 11.8 Å². The Balaban J connectivity index is 2.12. The predicted octanol–water partition coefficient (Wildman–Crippen LogP) is 1.25. The second kappa shape index (κ2) is 2.67. The van der Waals surface area contributed by atoms with Gasteiger partial charge in [0, 0.05) is 5.92 Å². The van der Waals surface area contributed by atoms with Gasteiger partial charge in [0.2, 0.25) is 0 Å². The van der Waals surface area contributed by atoms with Crippen LogP contribution in [0.2, 0.25) is 0 Å². The van der Waals surface area contributed by atoms with Crippen molar-refractivity contribution in [2.24, 2.45) is 16.8 Å². The van der Waals surface area contributed by atoms with Crippen molar-refractivity contribution in [2.75, 3.05) is 0 Å². The van der Waals surface area contributed by atoms with E-state index >= 15 is 0 Å². The van der Waals surface area contributed by atoms with Gasteiger partial charge in [-0.25, -0.2) is 4.99 Å². The van der Waals surface area contributed by atoms with Crippen LogP contribution < -0.4 is 0 Å². The summed E-state index contributed by atoms with van der Waals surface area (Å²) in [6.07, 6.45) is 3.12. The van der Waals surface area contributed by atoms with Crippen LogP contribution in [-0.2, 0) is 0 Å². The van der Waals surface area contributed by atoms with Gasteiger partial charge >= 0.3 is 0 Å². The fraction of sp³-hybridized carbons (Fsp3) is 0.875. The number of aliphatic hydroxyl groups is 1. The highest BCUT2D eigenvalue weighted by Crippen LogP contribution is 2.45. The Morgan fingerprint density at radius 3 is 2.73 bits per heavy atom. The highest BCUT2D eigenvalue weighted by molar-refractivity contribution is 7.78. The lowest BCUT2D eigenvalue weighted by Crippen LogP contribution is -2.26. The van der Waals surface area contributed by atoms with E-state index in [0.29, 0.717) is 11.8 Å². The first-order chi connectivity index (χ1) is 5.31. The highest BCUT2D eigenvalue weighted by Gasteiger charge is 2.45. The second-order valence-corrected chi connectivity index (χ2v) is 3.77. The molecule has 0 aliphatic heterocycles. The van der Waals surface area contributed by atoms with Crippen molar-refractivity contribution in [3.8, 4) is 0 Å². The third-order valence-corrected chi connectivity index (χ3v) is 3.07. The van der Waals surface area contributed by atoms with Crippen LogP contribution >= 0.6 is 12.2 Å². The first-order valence-corrected chi connectivity index (χ1v) is 4.47. The summed E-state index contributed by atoms with van der Waals surface area (Å²) in [7, 11) is 0. The van der Waals surface area contributed by atoms with Gasteiger partial charge in [-0.15, -0.1) is 0 Å². The molecular formula is C8H11NOS. The maximum absolute atomic E-state index is 9.49. The van der Waals surface area contributed by atoms with Crippen LogP contribution in [0.15, 0.2) is 4.99 Å². The molecule has 2 aliphatic rings. The number of rotatable bonds is 1. The molecule has 0 aromatic carbocycles. The SMILES string of the molecule is OC1CC2CC(N=C=S)C1C2. The van der Waals surface area contributed by atoms with Gasteiger partial charge in [0.15, 0.2) is 0 Å². The number of isothiocyanates is 1. The van der Waals surface area contributed by atoms with Crippen molar-refractivity contribution in [2.45, 2.75) is 31.4 Å². The first-order valence-electron chi connectivity index (χ1n) is 4.06. The Morgan fingerprint density at radius 1 is 1.36 bits per heavy atom.